The summed E-state index contributed by atoms with van der Waals surface area (Å²) in [5.74, 6) is -0.564. The Bertz CT molecular complexity index is 603. The average molecular weight is 307 g/mol. The summed E-state index contributed by atoms with van der Waals surface area (Å²) in [4.78, 5) is 37.2. The zero-order valence-electron chi connectivity index (χ0n) is 12.9. The van der Waals surface area contributed by atoms with Crippen molar-refractivity contribution in [2.45, 2.75) is 32.7 Å². The lowest BCUT2D eigenvalue weighted by atomic mass is 9.97. The Balaban J connectivity index is 2.05. The van der Waals surface area contributed by atoms with Gasteiger partial charge in [-0.1, -0.05) is 6.92 Å². The molecule has 0 spiro atoms. The van der Waals surface area contributed by atoms with Gasteiger partial charge >= 0.3 is 5.97 Å². The Morgan fingerprint density at radius 1 is 1.32 bits per heavy atom. The van der Waals surface area contributed by atoms with Gasteiger partial charge in [-0.3, -0.25) is 14.4 Å². The number of carbonyl (C=O) groups excluding carboxylic acids is 2. The normalized spacial score (nSPS) is 15.6. The third-order valence-corrected chi connectivity index (χ3v) is 3.84. The van der Waals surface area contributed by atoms with E-state index in [9.17, 15) is 14.4 Å². The van der Waals surface area contributed by atoms with Gasteiger partial charge in [-0.05, 0) is 25.3 Å². The predicted octanol–water partition coefficient (Wildman–Crippen LogP) is 0.678. The molecule has 1 amide bonds. The van der Waals surface area contributed by atoms with Crippen molar-refractivity contribution in [2.24, 2.45) is 5.92 Å². The van der Waals surface area contributed by atoms with Crippen molar-refractivity contribution < 1.29 is 14.3 Å². The first-order valence-electron chi connectivity index (χ1n) is 7.52. The minimum Gasteiger partial charge on any atom is -0.469 e. The molecule has 1 fully saturated rings. The number of esters is 1. The SMILES string of the molecule is CCCn1nc(C(=O)N2CCC(C(=O)OC)CC2)ccc1=O. The number of carbonyl (C=O) groups is 2. The monoisotopic (exact) mass is 307 g/mol. The van der Waals surface area contributed by atoms with Gasteiger partial charge in [0.05, 0.1) is 13.0 Å². The summed E-state index contributed by atoms with van der Waals surface area (Å²) < 4.78 is 6.05. The molecule has 22 heavy (non-hydrogen) atoms. The second-order valence-electron chi connectivity index (χ2n) is 5.37. The molecule has 0 atom stereocenters. The lowest BCUT2D eigenvalue weighted by Gasteiger charge is -2.30. The number of methoxy groups -OCH3 is 1. The quantitative estimate of drug-likeness (QED) is 0.764. The van der Waals surface area contributed by atoms with Crippen LogP contribution in [0.5, 0.6) is 0 Å². The number of piperidine rings is 1. The largest absolute Gasteiger partial charge is 0.469 e. The van der Waals surface area contributed by atoms with Crippen LogP contribution in [0.3, 0.4) is 0 Å². The molecule has 0 aliphatic carbocycles. The highest BCUT2D eigenvalue weighted by atomic mass is 16.5. The maximum atomic E-state index is 12.4. The zero-order valence-corrected chi connectivity index (χ0v) is 12.9. The highest BCUT2D eigenvalue weighted by Gasteiger charge is 2.28. The predicted molar refractivity (Wildman–Crippen MR) is 79.4 cm³/mol. The minimum absolute atomic E-state index is 0.143. The number of hydrogen-bond donors (Lipinski definition) is 0. The molecule has 0 saturated carbocycles. The Morgan fingerprint density at radius 3 is 2.59 bits per heavy atom. The number of hydrogen-bond acceptors (Lipinski definition) is 5. The third kappa shape index (κ3) is 3.52. The number of likely N-dealkylation sites (tertiary alicyclic amines) is 1. The van der Waals surface area contributed by atoms with E-state index in [1.54, 1.807) is 4.90 Å². The Hall–Kier alpha value is -2.18. The van der Waals surface area contributed by atoms with Gasteiger partial charge in [-0.25, -0.2) is 4.68 Å². The second kappa shape index (κ2) is 7.20. The molecule has 0 N–H and O–H groups in total. The number of ether oxygens (including phenoxy) is 1. The number of amides is 1. The Kier molecular flexibility index (Phi) is 5.30. The number of aryl methyl sites for hydroxylation is 1. The summed E-state index contributed by atoms with van der Waals surface area (Å²) in [7, 11) is 1.38. The van der Waals surface area contributed by atoms with Crippen molar-refractivity contribution >= 4 is 11.9 Å². The molecule has 2 heterocycles. The maximum Gasteiger partial charge on any atom is 0.308 e. The fourth-order valence-electron chi connectivity index (χ4n) is 2.58. The average Bonchev–Trinajstić information content (AvgIpc) is 2.56. The fraction of sp³-hybridized carbons (Fsp3) is 0.600. The topological polar surface area (TPSA) is 81.5 Å². The van der Waals surface area contributed by atoms with Gasteiger partial charge in [-0.2, -0.15) is 5.10 Å². The molecule has 2 rings (SSSR count). The highest BCUT2D eigenvalue weighted by Crippen LogP contribution is 2.19. The fourth-order valence-corrected chi connectivity index (χ4v) is 2.58. The number of aromatic nitrogens is 2. The van der Waals surface area contributed by atoms with Crippen LogP contribution in [0.25, 0.3) is 0 Å². The summed E-state index contributed by atoms with van der Waals surface area (Å²) in [6.45, 7) is 3.42. The first-order chi connectivity index (χ1) is 10.6. The minimum atomic E-state index is -0.221. The van der Waals surface area contributed by atoms with E-state index in [4.69, 9.17) is 4.74 Å². The van der Waals surface area contributed by atoms with Crippen LogP contribution in [-0.2, 0) is 16.1 Å². The van der Waals surface area contributed by atoms with Gasteiger partial charge in [0.2, 0.25) is 0 Å². The van der Waals surface area contributed by atoms with E-state index in [1.807, 2.05) is 6.92 Å². The molecule has 0 bridgehead atoms. The molecule has 1 aromatic rings. The van der Waals surface area contributed by atoms with Crippen molar-refractivity contribution in [2.75, 3.05) is 20.2 Å². The molecule has 0 unspecified atom stereocenters. The van der Waals surface area contributed by atoms with Crippen LogP contribution >= 0.6 is 0 Å². The number of nitrogens with zero attached hydrogens (tertiary/aromatic N) is 3. The maximum absolute atomic E-state index is 12.4. The van der Waals surface area contributed by atoms with E-state index in [2.05, 4.69) is 5.10 Å². The zero-order chi connectivity index (χ0) is 16.1. The van der Waals surface area contributed by atoms with E-state index in [-0.39, 0.29) is 29.0 Å². The summed E-state index contributed by atoms with van der Waals surface area (Å²) in [5, 5.41) is 4.13. The molecule has 7 heteroatoms. The van der Waals surface area contributed by atoms with Crippen molar-refractivity contribution in [3.8, 4) is 0 Å². The Labute approximate surface area is 128 Å². The summed E-state index contributed by atoms with van der Waals surface area (Å²) >= 11 is 0. The lowest BCUT2D eigenvalue weighted by Crippen LogP contribution is -2.41. The van der Waals surface area contributed by atoms with Crippen molar-refractivity contribution in [3.05, 3.63) is 28.2 Å². The summed E-state index contributed by atoms with van der Waals surface area (Å²) in [6.07, 6.45) is 1.95. The standard InChI is InChI=1S/C15H21N3O4/c1-3-8-18-13(19)5-4-12(16-18)14(20)17-9-6-11(7-10-17)15(21)22-2/h4-5,11H,3,6-10H2,1-2H3. The molecule has 120 valence electrons. The Morgan fingerprint density at radius 2 is 2.00 bits per heavy atom. The van der Waals surface area contributed by atoms with Gasteiger partial charge in [-0.15, -0.1) is 0 Å². The van der Waals surface area contributed by atoms with Crippen molar-refractivity contribution in [3.63, 3.8) is 0 Å². The van der Waals surface area contributed by atoms with Crippen LogP contribution in [0, 0.1) is 5.92 Å². The first kappa shape index (κ1) is 16.2. The highest BCUT2D eigenvalue weighted by molar-refractivity contribution is 5.92. The second-order valence-corrected chi connectivity index (χ2v) is 5.37. The van der Waals surface area contributed by atoms with Crippen LogP contribution in [-0.4, -0.2) is 46.8 Å². The van der Waals surface area contributed by atoms with Gasteiger partial charge in [0, 0.05) is 25.7 Å². The molecule has 1 saturated heterocycles. The van der Waals surface area contributed by atoms with E-state index < -0.39 is 0 Å². The molecule has 0 radical (unpaired) electrons. The molecule has 1 aliphatic rings. The lowest BCUT2D eigenvalue weighted by molar-refractivity contribution is -0.146. The van der Waals surface area contributed by atoms with Crippen LogP contribution in [0.1, 0.15) is 36.7 Å². The van der Waals surface area contributed by atoms with Gasteiger partial charge in [0.25, 0.3) is 11.5 Å². The van der Waals surface area contributed by atoms with E-state index in [0.717, 1.165) is 6.42 Å². The molecule has 0 aromatic carbocycles. The summed E-state index contributed by atoms with van der Waals surface area (Å²) in [6, 6.07) is 2.83. The smallest absolute Gasteiger partial charge is 0.308 e. The van der Waals surface area contributed by atoms with Crippen molar-refractivity contribution in [1.29, 1.82) is 0 Å². The van der Waals surface area contributed by atoms with Gasteiger partial charge < -0.3 is 9.64 Å². The molecular formula is C15H21N3O4. The van der Waals surface area contributed by atoms with Crippen LogP contribution in [0.4, 0.5) is 0 Å². The van der Waals surface area contributed by atoms with Gasteiger partial charge in [0.1, 0.15) is 5.69 Å². The molecular weight excluding hydrogens is 286 g/mol. The van der Waals surface area contributed by atoms with E-state index in [0.29, 0.717) is 32.5 Å². The van der Waals surface area contributed by atoms with Crippen molar-refractivity contribution in [1.82, 2.24) is 14.7 Å². The molecule has 7 nitrogen and oxygen atoms in total. The number of rotatable bonds is 4. The summed E-state index contributed by atoms with van der Waals surface area (Å²) in [5.41, 5.74) is 0.0624. The first-order valence-corrected chi connectivity index (χ1v) is 7.52. The third-order valence-electron chi connectivity index (χ3n) is 3.84. The van der Waals surface area contributed by atoms with Crippen LogP contribution in [0.15, 0.2) is 16.9 Å². The van der Waals surface area contributed by atoms with Crippen LogP contribution < -0.4 is 5.56 Å². The van der Waals surface area contributed by atoms with Gasteiger partial charge in [0.15, 0.2) is 0 Å². The van der Waals surface area contributed by atoms with E-state index in [1.165, 1.54) is 23.9 Å². The molecule has 1 aliphatic heterocycles. The van der Waals surface area contributed by atoms with Crippen LogP contribution in [0.2, 0.25) is 0 Å². The van der Waals surface area contributed by atoms with E-state index >= 15 is 0 Å². The molecule has 1 aromatic heterocycles.